The minimum absolute atomic E-state index is 0.0309. The average Bonchev–Trinajstić information content (AvgIpc) is 2.99. The van der Waals surface area contributed by atoms with E-state index in [2.05, 4.69) is 15.0 Å². The molecule has 0 radical (unpaired) electrons. The van der Waals surface area contributed by atoms with Crippen molar-refractivity contribution in [2.24, 2.45) is 0 Å². The molecule has 0 saturated carbocycles. The number of nitrogens with one attached hydrogen (secondary N) is 1. The Hall–Kier alpha value is -1.83. The van der Waals surface area contributed by atoms with E-state index in [0.29, 0.717) is 6.61 Å². The summed E-state index contributed by atoms with van der Waals surface area (Å²) < 4.78 is 46.7. The molecule has 1 aliphatic heterocycles. The molecule has 0 bridgehead atoms. The molecule has 122 valence electrons. The van der Waals surface area contributed by atoms with E-state index in [1.807, 2.05) is 0 Å². The van der Waals surface area contributed by atoms with E-state index in [1.54, 1.807) is 6.92 Å². The fraction of sp³-hybridized carbons (Fsp3) is 0.571. The van der Waals surface area contributed by atoms with Crippen LogP contribution in [-0.2, 0) is 4.74 Å². The van der Waals surface area contributed by atoms with Crippen molar-refractivity contribution in [1.82, 2.24) is 10.3 Å². The lowest BCUT2D eigenvalue weighted by molar-refractivity contribution is -0.154. The van der Waals surface area contributed by atoms with Crippen molar-refractivity contribution in [3.8, 4) is 5.88 Å². The van der Waals surface area contributed by atoms with Crippen LogP contribution in [0.15, 0.2) is 18.3 Å². The molecule has 1 aromatic rings. The summed E-state index contributed by atoms with van der Waals surface area (Å²) >= 11 is 0. The highest BCUT2D eigenvalue weighted by Gasteiger charge is 2.30. The van der Waals surface area contributed by atoms with Gasteiger partial charge in [0.2, 0.25) is 5.88 Å². The molecular formula is C14H17F3N2O3. The van der Waals surface area contributed by atoms with Crippen LogP contribution in [0.1, 0.15) is 30.1 Å². The SMILES string of the molecule is C[C@@H](NC(=O)c1cccnc1OCC(F)(F)F)[C@@H]1CCCO1. The van der Waals surface area contributed by atoms with Crippen LogP contribution < -0.4 is 10.1 Å². The Bertz CT molecular complexity index is 516. The maximum absolute atomic E-state index is 12.2. The number of amides is 1. The van der Waals surface area contributed by atoms with Gasteiger partial charge in [-0.15, -0.1) is 0 Å². The van der Waals surface area contributed by atoms with Crippen molar-refractivity contribution in [3.63, 3.8) is 0 Å². The molecule has 0 spiro atoms. The third kappa shape index (κ3) is 4.59. The molecule has 1 aromatic heterocycles. The highest BCUT2D eigenvalue weighted by Crippen LogP contribution is 2.21. The predicted molar refractivity (Wildman–Crippen MR) is 71.7 cm³/mol. The largest absolute Gasteiger partial charge is 0.467 e. The molecule has 1 N–H and O–H groups in total. The van der Waals surface area contributed by atoms with Gasteiger partial charge in [0.1, 0.15) is 5.56 Å². The molecule has 22 heavy (non-hydrogen) atoms. The average molecular weight is 318 g/mol. The number of pyridine rings is 1. The lowest BCUT2D eigenvalue weighted by Crippen LogP contribution is -2.41. The molecule has 2 heterocycles. The van der Waals surface area contributed by atoms with E-state index in [1.165, 1.54) is 18.3 Å². The summed E-state index contributed by atoms with van der Waals surface area (Å²) in [4.78, 5) is 15.9. The molecule has 2 atom stereocenters. The van der Waals surface area contributed by atoms with Crippen molar-refractivity contribution in [2.45, 2.75) is 38.1 Å². The normalized spacial score (nSPS) is 19.7. The first kappa shape index (κ1) is 16.5. The van der Waals surface area contributed by atoms with E-state index in [4.69, 9.17) is 4.74 Å². The van der Waals surface area contributed by atoms with E-state index >= 15 is 0 Å². The van der Waals surface area contributed by atoms with Crippen LogP contribution in [0.3, 0.4) is 0 Å². The minimum Gasteiger partial charge on any atom is -0.467 e. The monoisotopic (exact) mass is 318 g/mol. The Morgan fingerprint density at radius 1 is 1.59 bits per heavy atom. The number of rotatable bonds is 5. The Kier molecular flexibility index (Phi) is 5.23. The number of halogens is 3. The number of carbonyl (C=O) groups excluding carboxylic acids is 1. The first-order valence-corrected chi connectivity index (χ1v) is 6.94. The smallest absolute Gasteiger partial charge is 0.422 e. The van der Waals surface area contributed by atoms with Crippen molar-refractivity contribution < 1.29 is 27.4 Å². The minimum atomic E-state index is -4.49. The lowest BCUT2D eigenvalue weighted by atomic mass is 10.1. The number of ether oxygens (including phenoxy) is 2. The number of hydrogen-bond donors (Lipinski definition) is 1. The lowest BCUT2D eigenvalue weighted by Gasteiger charge is -2.20. The molecule has 0 aromatic carbocycles. The number of aromatic nitrogens is 1. The van der Waals surface area contributed by atoms with Gasteiger partial charge in [-0.1, -0.05) is 0 Å². The van der Waals surface area contributed by atoms with Gasteiger partial charge in [0.25, 0.3) is 5.91 Å². The topological polar surface area (TPSA) is 60.5 Å². The van der Waals surface area contributed by atoms with Gasteiger partial charge in [-0.25, -0.2) is 4.98 Å². The molecule has 2 rings (SSSR count). The number of hydrogen-bond acceptors (Lipinski definition) is 4. The second kappa shape index (κ2) is 6.95. The number of alkyl halides is 3. The van der Waals surface area contributed by atoms with Crippen LogP contribution in [0.4, 0.5) is 13.2 Å². The van der Waals surface area contributed by atoms with Crippen LogP contribution in [0.25, 0.3) is 0 Å². The summed E-state index contributed by atoms with van der Waals surface area (Å²) in [6, 6.07) is 2.59. The predicted octanol–water partition coefficient (Wildman–Crippen LogP) is 2.32. The highest BCUT2D eigenvalue weighted by atomic mass is 19.4. The van der Waals surface area contributed by atoms with Gasteiger partial charge in [0.05, 0.1) is 12.1 Å². The summed E-state index contributed by atoms with van der Waals surface area (Å²) in [6.07, 6.45) is -1.54. The molecule has 1 amide bonds. The van der Waals surface area contributed by atoms with Crippen LogP contribution in [-0.4, -0.2) is 42.4 Å². The van der Waals surface area contributed by atoms with E-state index in [-0.39, 0.29) is 23.6 Å². The number of nitrogens with zero attached hydrogens (tertiary/aromatic N) is 1. The van der Waals surface area contributed by atoms with Crippen molar-refractivity contribution >= 4 is 5.91 Å². The molecule has 1 aliphatic rings. The molecule has 1 saturated heterocycles. The zero-order valence-corrected chi connectivity index (χ0v) is 12.0. The summed E-state index contributed by atoms with van der Waals surface area (Å²) in [7, 11) is 0. The van der Waals surface area contributed by atoms with Crippen LogP contribution in [0.2, 0.25) is 0 Å². The Labute approximate surface area is 125 Å². The zero-order chi connectivity index (χ0) is 16.2. The third-order valence-electron chi connectivity index (χ3n) is 3.27. The van der Waals surface area contributed by atoms with Gasteiger partial charge in [-0.3, -0.25) is 4.79 Å². The Balaban J connectivity index is 2.02. The quantitative estimate of drug-likeness (QED) is 0.905. The molecule has 8 heteroatoms. The second-order valence-electron chi connectivity index (χ2n) is 5.07. The molecule has 5 nitrogen and oxygen atoms in total. The Morgan fingerprint density at radius 2 is 2.36 bits per heavy atom. The molecule has 0 aliphatic carbocycles. The number of carbonyl (C=O) groups is 1. The molecule has 1 fully saturated rings. The van der Waals surface area contributed by atoms with Gasteiger partial charge in [0, 0.05) is 12.8 Å². The Morgan fingerprint density at radius 3 is 3.00 bits per heavy atom. The summed E-state index contributed by atoms with van der Waals surface area (Å²) in [5.74, 6) is -0.870. The van der Waals surface area contributed by atoms with E-state index in [0.717, 1.165) is 12.8 Å². The summed E-state index contributed by atoms with van der Waals surface area (Å²) in [5.41, 5.74) is -0.0309. The summed E-state index contributed by atoms with van der Waals surface area (Å²) in [6.45, 7) is 0.948. The van der Waals surface area contributed by atoms with E-state index in [9.17, 15) is 18.0 Å². The maximum Gasteiger partial charge on any atom is 0.422 e. The fourth-order valence-electron chi connectivity index (χ4n) is 2.20. The highest BCUT2D eigenvalue weighted by molar-refractivity contribution is 5.96. The first-order chi connectivity index (χ1) is 10.4. The van der Waals surface area contributed by atoms with E-state index < -0.39 is 18.7 Å². The maximum atomic E-state index is 12.2. The van der Waals surface area contributed by atoms with Crippen molar-refractivity contribution in [2.75, 3.05) is 13.2 Å². The van der Waals surface area contributed by atoms with Crippen LogP contribution in [0.5, 0.6) is 5.88 Å². The van der Waals surface area contributed by atoms with Gasteiger partial charge in [0.15, 0.2) is 6.61 Å². The van der Waals surface area contributed by atoms with Crippen molar-refractivity contribution in [3.05, 3.63) is 23.9 Å². The standard InChI is InChI=1S/C14H17F3N2O3/c1-9(11-5-3-7-21-11)19-12(20)10-4-2-6-18-13(10)22-8-14(15,16)17/h2,4,6,9,11H,3,5,7-8H2,1H3,(H,19,20)/t9-,11+/m1/s1. The third-order valence-corrected chi connectivity index (χ3v) is 3.27. The van der Waals surface area contributed by atoms with Gasteiger partial charge in [-0.2, -0.15) is 13.2 Å². The molecule has 0 unspecified atom stereocenters. The zero-order valence-electron chi connectivity index (χ0n) is 12.0. The second-order valence-corrected chi connectivity index (χ2v) is 5.07. The van der Waals surface area contributed by atoms with Gasteiger partial charge in [-0.05, 0) is 31.9 Å². The molecular weight excluding hydrogens is 301 g/mol. The summed E-state index contributed by atoms with van der Waals surface area (Å²) in [5, 5.41) is 2.71. The van der Waals surface area contributed by atoms with Crippen LogP contribution >= 0.6 is 0 Å². The first-order valence-electron chi connectivity index (χ1n) is 6.94. The van der Waals surface area contributed by atoms with Gasteiger partial charge >= 0.3 is 6.18 Å². The van der Waals surface area contributed by atoms with Gasteiger partial charge < -0.3 is 14.8 Å². The van der Waals surface area contributed by atoms with Crippen LogP contribution in [0, 0.1) is 0 Å². The fourth-order valence-corrected chi connectivity index (χ4v) is 2.20. The van der Waals surface area contributed by atoms with Crippen molar-refractivity contribution in [1.29, 1.82) is 0 Å².